The highest BCUT2D eigenvalue weighted by Crippen LogP contribution is 2.23. The lowest BCUT2D eigenvalue weighted by molar-refractivity contribution is 0.0952. The molecule has 4 heteroatoms. The number of nitrogens with two attached hydrogens (primary N) is 1. The molecule has 1 aliphatic carbocycles. The molecule has 1 saturated carbocycles. The van der Waals surface area contributed by atoms with Crippen molar-refractivity contribution in [1.29, 1.82) is 0 Å². The van der Waals surface area contributed by atoms with Crippen molar-refractivity contribution in [3.63, 3.8) is 0 Å². The minimum absolute atomic E-state index is 0.0318. The maximum absolute atomic E-state index is 12.1. The van der Waals surface area contributed by atoms with Gasteiger partial charge in [0, 0.05) is 23.5 Å². The number of anilines is 2. The zero-order valence-electron chi connectivity index (χ0n) is 11.0. The van der Waals surface area contributed by atoms with Crippen LogP contribution in [0.5, 0.6) is 0 Å². The van der Waals surface area contributed by atoms with Gasteiger partial charge in [0.1, 0.15) is 0 Å². The molecule has 18 heavy (non-hydrogen) atoms. The topological polar surface area (TPSA) is 67.1 Å². The van der Waals surface area contributed by atoms with Crippen molar-refractivity contribution in [1.82, 2.24) is 5.32 Å². The lowest BCUT2D eigenvalue weighted by Crippen LogP contribution is -2.27. The molecule has 0 bridgehead atoms. The van der Waals surface area contributed by atoms with E-state index in [0.29, 0.717) is 23.3 Å². The van der Waals surface area contributed by atoms with Crippen LogP contribution in [0.1, 0.15) is 43.5 Å². The Kier molecular flexibility index (Phi) is 3.75. The van der Waals surface area contributed by atoms with Crippen LogP contribution in [0, 0.1) is 0 Å². The van der Waals surface area contributed by atoms with Gasteiger partial charge >= 0.3 is 0 Å². The summed E-state index contributed by atoms with van der Waals surface area (Å²) in [6.07, 6.45) is 3.18. The first kappa shape index (κ1) is 12.7. The summed E-state index contributed by atoms with van der Waals surface area (Å²) >= 11 is 0. The number of carbonyl (C=O) groups excluding carboxylic acids is 1. The van der Waals surface area contributed by atoms with Gasteiger partial charge in [-0.05, 0) is 44.4 Å². The first-order chi connectivity index (χ1) is 8.60. The van der Waals surface area contributed by atoms with Crippen LogP contribution in [0.4, 0.5) is 11.4 Å². The van der Waals surface area contributed by atoms with Crippen LogP contribution in [0.2, 0.25) is 0 Å². The molecule has 0 heterocycles. The molecule has 4 nitrogen and oxygen atoms in total. The van der Waals surface area contributed by atoms with Crippen molar-refractivity contribution >= 4 is 17.3 Å². The molecule has 0 aliphatic heterocycles. The second-order valence-electron chi connectivity index (χ2n) is 5.01. The number of rotatable bonds is 5. The highest BCUT2D eigenvalue weighted by Gasteiger charge is 2.25. The van der Waals surface area contributed by atoms with Gasteiger partial charge < -0.3 is 16.4 Å². The van der Waals surface area contributed by atoms with Gasteiger partial charge in [0.05, 0.1) is 5.56 Å². The number of nitrogen functional groups attached to an aromatic ring is 1. The van der Waals surface area contributed by atoms with Gasteiger partial charge in [0.15, 0.2) is 0 Å². The number of hydrogen-bond acceptors (Lipinski definition) is 3. The second-order valence-corrected chi connectivity index (χ2v) is 5.01. The van der Waals surface area contributed by atoms with Gasteiger partial charge in [-0.1, -0.05) is 6.92 Å². The van der Waals surface area contributed by atoms with Gasteiger partial charge in [0.2, 0.25) is 0 Å². The highest BCUT2D eigenvalue weighted by atomic mass is 16.1. The summed E-state index contributed by atoms with van der Waals surface area (Å²) in [5.74, 6) is -0.0318. The summed E-state index contributed by atoms with van der Waals surface area (Å²) in [7, 11) is 0. The molecule has 0 saturated heterocycles. The number of hydrogen-bond donors (Lipinski definition) is 3. The van der Waals surface area contributed by atoms with Gasteiger partial charge in [-0.25, -0.2) is 0 Å². The van der Waals surface area contributed by atoms with Crippen LogP contribution in [0.3, 0.4) is 0 Å². The molecule has 1 fully saturated rings. The van der Waals surface area contributed by atoms with Crippen molar-refractivity contribution in [3.8, 4) is 0 Å². The Balaban J connectivity index is 2.18. The van der Waals surface area contributed by atoms with Gasteiger partial charge in [-0.3, -0.25) is 4.79 Å². The van der Waals surface area contributed by atoms with E-state index < -0.39 is 0 Å². The first-order valence-electron chi connectivity index (χ1n) is 6.57. The Morgan fingerprint density at radius 3 is 2.83 bits per heavy atom. The van der Waals surface area contributed by atoms with E-state index in [2.05, 4.69) is 24.5 Å². The van der Waals surface area contributed by atoms with Crippen molar-refractivity contribution < 1.29 is 4.79 Å². The fourth-order valence-electron chi connectivity index (χ4n) is 1.73. The molecule has 0 unspecified atom stereocenters. The van der Waals surface area contributed by atoms with Gasteiger partial charge in [-0.2, -0.15) is 0 Å². The molecule has 1 amide bonds. The summed E-state index contributed by atoms with van der Waals surface area (Å²) in [5, 5.41) is 6.34. The highest BCUT2D eigenvalue weighted by molar-refractivity contribution is 6.00. The van der Waals surface area contributed by atoms with Crippen LogP contribution >= 0.6 is 0 Å². The van der Waals surface area contributed by atoms with Crippen LogP contribution in [-0.2, 0) is 0 Å². The van der Waals surface area contributed by atoms with E-state index >= 15 is 0 Å². The molecule has 2 rings (SSSR count). The van der Waals surface area contributed by atoms with E-state index in [9.17, 15) is 4.79 Å². The molecule has 1 aromatic carbocycles. The van der Waals surface area contributed by atoms with Crippen molar-refractivity contribution in [2.24, 2.45) is 0 Å². The number of nitrogens with one attached hydrogen (secondary N) is 2. The lowest BCUT2D eigenvalue weighted by atomic mass is 10.1. The van der Waals surface area contributed by atoms with Gasteiger partial charge in [-0.15, -0.1) is 0 Å². The minimum Gasteiger partial charge on any atom is -0.399 e. The zero-order valence-corrected chi connectivity index (χ0v) is 11.0. The summed E-state index contributed by atoms with van der Waals surface area (Å²) in [4.78, 5) is 12.1. The average Bonchev–Trinajstić information content (AvgIpc) is 3.15. The van der Waals surface area contributed by atoms with Gasteiger partial charge in [0.25, 0.3) is 5.91 Å². The van der Waals surface area contributed by atoms with Crippen molar-refractivity contribution in [2.75, 3.05) is 11.1 Å². The Morgan fingerprint density at radius 1 is 1.50 bits per heavy atom. The SMILES string of the molecule is CC[C@H](C)Nc1ccc(N)cc1C(=O)NC1CC1. The number of benzene rings is 1. The third kappa shape index (κ3) is 3.15. The molecule has 1 aliphatic rings. The average molecular weight is 247 g/mol. The quantitative estimate of drug-likeness (QED) is 0.700. The smallest absolute Gasteiger partial charge is 0.253 e. The molecule has 1 aromatic rings. The van der Waals surface area contributed by atoms with Crippen LogP contribution in [-0.4, -0.2) is 18.0 Å². The van der Waals surface area contributed by atoms with E-state index in [0.717, 1.165) is 24.9 Å². The molecule has 0 aromatic heterocycles. The molecule has 0 spiro atoms. The monoisotopic (exact) mass is 247 g/mol. The summed E-state index contributed by atoms with van der Waals surface area (Å²) in [6, 6.07) is 6.13. The predicted molar refractivity (Wildman–Crippen MR) is 74.7 cm³/mol. The predicted octanol–water partition coefficient (Wildman–Crippen LogP) is 2.37. The van der Waals surface area contributed by atoms with E-state index in [-0.39, 0.29) is 5.91 Å². The second kappa shape index (κ2) is 5.29. The number of amides is 1. The van der Waals surface area contributed by atoms with Crippen LogP contribution in [0.25, 0.3) is 0 Å². The Labute approximate surface area is 108 Å². The summed E-state index contributed by atoms with van der Waals surface area (Å²) in [5.41, 5.74) is 7.88. The standard InChI is InChI=1S/C14H21N3O/c1-3-9(2)16-13-7-4-10(15)8-12(13)14(18)17-11-5-6-11/h4,7-9,11,16H,3,5-6,15H2,1-2H3,(H,17,18)/t9-/m0/s1. The molecule has 0 radical (unpaired) electrons. The number of carbonyl (C=O) groups is 1. The Hall–Kier alpha value is -1.71. The largest absolute Gasteiger partial charge is 0.399 e. The Bertz CT molecular complexity index is 441. The fourth-order valence-corrected chi connectivity index (χ4v) is 1.73. The van der Waals surface area contributed by atoms with Crippen LogP contribution in [0.15, 0.2) is 18.2 Å². The van der Waals surface area contributed by atoms with E-state index in [1.165, 1.54) is 0 Å². The third-order valence-corrected chi connectivity index (χ3v) is 3.22. The third-order valence-electron chi connectivity index (χ3n) is 3.22. The van der Waals surface area contributed by atoms with Crippen LogP contribution < -0.4 is 16.4 Å². The van der Waals surface area contributed by atoms with Crippen molar-refractivity contribution in [2.45, 2.75) is 45.2 Å². The first-order valence-corrected chi connectivity index (χ1v) is 6.57. The molecular formula is C14H21N3O. The summed E-state index contributed by atoms with van der Waals surface area (Å²) in [6.45, 7) is 4.21. The molecular weight excluding hydrogens is 226 g/mol. The summed E-state index contributed by atoms with van der Waals surface area (Å²) < 4.78 is 0. The molecule has 4 N–H and O–H groups in total. The van der Waals surface area contributed by atoms with E-state index in [1.54, 1.807) is 6.07 Å². The minimum atomic E-state index is -0.0318. The Morgan fingerprint density at radius 2 is 2.22 bits per heavy atom. The fraction of sp³-hybridized carbons (Fsp3) is 0.500. The lowest BCUT2D eigenvalue weighted by Gasteiger charge is -2.17. The van der Waals surface area contributed by atoms with E-state index in [4.69, 9.17) is 5.73 Å². The normalized spacial score (nSPS) is 16.1. The zero-order chi connectivity index (χ0) is 13.1. The maximum Gasteiger partial charge on any atom is 0.253 e. The molecule has 98 valence electrons. The molecule has 1 atom stereocenters. The van der Waals surface area contributed by atoms with E-state index in [1.807, 2.05) is 12.1 Å². The van der Waals surface area contributed by atoms with Crippen molar-refractivity contribution in [3.05, 3.63) is 23.8 Å². The maximum atomic E-state index is 12.1.